The highest BCUT2D eigenvalue weighted by Gasteiger charge is 2.17. The summed E-state index contributed by atoms with van der Waals surface area (Å²) in [5.41, 5.74) is 0. The van der Waals surface area contributed by atoms with Crippen molar-refractivity contribution in [1.29, 1.82) is 0 Å². The second-order valence-electron chi connectivity index (χ2n) is 6.19. The number of carbonyl (C=O) groups is 1. The normalized spacial score (nSPS) is 13.5. The van der Waals surface area contributed by atoms with E-state index in [-0.39, 0.29) is 15.3 Å². The molecule has 8 heteroatoms. The van der Waals surface area contributed by atoms with Gasteiger partial charge in [-0.25, -0.2) is 4.39 Å². The molecule has 0 bridgehead atoms. The van der Waals surface area contributed by atoms with Crippen molar-refractivity contribution in [3.05, 3.63) is 0 Å². The van der Waals surface area contributed by atoms with Gasteiger partial charge in [-0.3, -0.25) is 4.79 Å². The van der Waals surface area contributed by atoms with Crippen LogP contribution in [-0.4, -0.2) is 84.1 Å². The predicted octanol–water partition coefficient (Wildman–Crippen LogP) is 2.19. The Balaban J connectivity index is -0.00000338. The zero-order valence-corrected chi connectivity index (χ0v) is 17.3. The zero-order chi connectivity index (χ0) is 20.2. The lowest BCUT2D eigenvalue weighted by atomic mass is 10.2. The monoisotopic (exact) mass is 398 g/mol. The Morgan fingerprint density at radius 3 is 2.19 bits per heavy atom. The Labute approximate surface area is 166 Å². The number of halogens is 1. The third-order valence-corrected chi connectivity index (χ3v) is 3.79. The summed E-state index contributed by atoms with van der Waals surface area (Å²) in [5, 5.41) is 5.77. The topological polar surface area (TPSA) is 78.1 Å². The van der Waals surface area contributed by atoms with E-state index >= 15 is 0 Å². The molecule has 0 aliphatic heterocycles. The molecular formula is C19H43FN2O5. The lowest BCUT2D eigenvalue weighted by molar-refractivity contribution is -0.121. The average molecular weight is 399 g/mol. The fourth-order valence-electron chi connectivity index (χ4n) is 2.06. The van der Waals surface area contributed by atoms with Crippen LogP contribution in [0.2, 0.25) is 0 Å². The van der Waals surface area contributed by atoms with Gasteiger partial charge in [-0.1, -0.05) is 20.3 Å². The molecule has 0 spiro atoms. The molecule has 166 valence electrons. The van der Waals surface area contributed by atoms with E-state index in [9.17, 15) is 9.18 Å². The van der Waals surface area contributed by atoms with E-state index in [0.717, 1.165) is 25.9 Å². The van der Waals surface area contributed by atoms with Crippen molar-refractivity contribution in [2.24, 2.45) is 0 Å². The van der Waals surface area contributed by atoms with Crippen molar-refractivity contribution in [1.82, 2.24) is 10.6 Å². The van der Waals surface area contributed by atoms with Crippen LogP contribution in [0.5, 0.6) is 0 Å². The molecule has 7 nitrogen and oxygen atoms in total. The Bertz CT molecular complexity index is 348. The first-order chi connectivity index (χ1) is 13.1. The van der Waals surface area contributed by atoms with Crippen molar-refractivity contribution in [2.45, 2.75) is 52.3 Å². The Kier molecular flexibility index (Phi) is 19.4. The van der Waals surface area contributed by atoms with Crippen molar-refractivity contribution < 1.29 is 31.0 Å². The largest absolute Gasteiger partial charge is 0.378 e. The fraction of sp³-hybridized carbons (Fsp3) is 0.947. The third-order valence-electron chi connectivity index (χ3n) is 3.79. The van der Waals surface area contributed by atoms with Gasteiger partial charge in [-0.2, -0.15) is 0 Å². The minimum absolute atomic E-state index is 0. The lowest BCUT2D eigenvalue weighted by Crippen LogP contribution is -2.36. The number of carbonyl (C=O) groups excluding carboxylic acids is 1. The molecule has 0 fully saturated rings. The quantitative estimate of drug-likeness (QED) is 0.306. The van der Waals surface area contributed by atoms with Crippen LogP contribution in [0.4, 0.5) is 4.39 Å². The molecule has 0 aliphatic carbocycles. The van der Waals surface area contributed by atoms with Gasteiger partial charge in [0.25, 0.3) is 0 Å². The predicted molar refractivity (Wildman–Crippen MR) is 108 cm³/mol. The molecule has 2 N–H and O–H groups in total. The molecular weight excluding hydrogens is 355 g/mol. The summed E-state index contributed by atoms with van der Waals surface area (Å²) >= 11 is 0. The van der Waals surface area contributed by atoms with E-state index in [1.54, 1.807) is 6.92 Å². The molecule has 0 aromatic heterocycles. The van der Waals surface area contributed by atoms with Crippen LogP contribution in [0.25, 0.3) is 0 Å². The molecule has 2 unspecified atom stereocenters. The standard InChI is InChI=1S/C19H39FN2O5.2H2/c1-4-6-7-19(23)22-16-18(20)17(3)27-15-14-26-13-12-25-11-10-24-9-8-21-5-2;;/h17-18,21H,4-16H2,1-3H3,(H,22,23);2*1H. The van der Waals surface area contributed by atoms with E-state index < -0.39 is 12.3 Å². The minimum Gasteiger partial charge on any atom is -0.378 e. The van der Waals surface area contributed by atoms with Crippen LogP contribution in [-0.2, 0) is 23.7 Å². The summed E-state index contributed by atoms with van der Waals surface area (Å²) in [7, 11) is 0. The summed E-state index contributed by atoms with van der Waals surface area (Å²) in [6.07, 6.45) is 0.388. The molecule has 2 atom stereocenters. The Morgan fingerprint density at radius 2 is 1.59 bits per heavy atom. The van der Waals surface area contributed by atoms with E-state index in [2.05, 4.69) is 17.6 Å². The number of nitrogens with one attached hydrogen (secondary N) is 2. The number of alkyl halides is 1. The van der Waals surface area contributed by atoms with Crippen molar-refractivity contribution >= 4 is 5.91 Å². The summed E-state index contributed by atoms with van der Waals surface area (Å²) in [5.74, 6) is -0.113. The summed E-state index contributed by atoms with van der Waals surface area (Å²) < 4.78 is 35.4. The van der Waals surface area contributed by atoms with Gasteiger partial charge in [-0.05, 0) is 19.9 Å². The van der Waals surface area contributed by atoms with Gasteiger partial charge in [0.2, 0.25) is 5.91 Å². The molecule has 0 aromatic carbocycles. The first-order valence-corrected chi connectivity index (χ1v) is 10.1. The highest BCUT2D eigenvalue weighted by Crippen LogP contribution is 2.03. The van der Waals surface area contributed by atoms with Crippen molar-refractivity contribution in [3.8, 4) is 0 Å². The molecule has 27 heavy (non-hydrogen) atoms. The van der Waals surface area contributed by atoms with Gasteiger partial charge in [0.1, 0.15) is 6.17 Å². The van der Waals surface area contributed by atoms with Gasteiger partial charge < -0.3 is 29.6 Å². The van der Waals surface area contributed by atoms with Gasteiger partial charge in [0.15, 0.2) is 0 Å². The minimum atomic E-state index is -1.23. The van der Waals surface area contributed by atoms with Gasteiger partial charge in [0.05, 0.1) is 58.9 Å². The molecule has 0 aliphatic rings. The van der Waals surface area contributed by atoms with Crippen molar-refractivity contribution in [3.63, 3.8) is 0 Å². The second-order valence-corrected chi connectivity index (χ2v) is 6.19. The van der Waals surface area contributed by atoms with Gasteiger partial charge in [0, 0.05) is 15.8 Å². The van der Waals surface area contributed by atoms with Gasteiger partial charge in [-0.15, -0.1) is 0 Å². The molecule has 1 amide bonds. The first-order valence-electron chi connectivity index (χ1n) is 10.1. The Morgan fingerprint density at radius 1 is 1.00 bits per heavy atom. The number of hydrogen-bond donors (Lipinski definition) is 2. The molecule has 0 rings (SSSR count). The molecule has 0 heterocycles. The summed E-state index contributed by atoms with van der Waals surface area (Å²) in [6.45, 7) is 10.9. The zero-order valence-electron chi connectivity index (χ0n) is 17.3. The fourth-order valence-corrected chi connectivity index (χ4v) is 2.06. The van der Waals surface area contributed by atoms with Gasteiger partial charge >= 0.3 is 0 Å². The smallest absolute Gasteiger partial charge is 0.220 e. The molecule has 0 aromatic rings. The van der Waals surface area contributed by atoms with Crippen molar-refractivity contribution in [2.75, 3.05) is 65.9 Å². The van der Waals surface area contributed by atoms with Crippen LogP contribution < -0.4 is 10.6 Å². The maximum absolute atomic E-state index is 13.9. The highest BCUT2D eigenvalue weighted by atomic mass is 19.1. The molecule has 0 saturated carbocycles. The maximum atomic E-state index is 13.9. The number of unbranched alkanes of at least 4 members (excludes halogenated alkanes) is 1. The number of rotatable bonds is 20. The van der Waals surface area contributed by atoms with E-state index in [4.69, 9.17) is 18.9 Å². The third kappa shape index (κ3) is 18.3. The lowest BCUT2D eigenvalue weighted by Gasteiger charge is -2.18. The highest BCUT2D eigenvalue weighted by molar-refractivity contribution is 5.75. The molecule has 0 radical (unpaired) electrons. The van der Waals surface area contributed by atoms with E-state index in [1.165, 1.54) is 0 Å². The number of ether oxygens (including phenoxy) is 4. The first kappa shape index (κ1) is 26.2. The number of amides is 1. The average Bonchev–Trinajstić information content (AvgIpc) is 2.67. The molecule has 0 saturated heterocycles. The number of hydrogen-bond acceptors (Lipinski definition) is 6. The van der Waals surface area contributed by atoms with Crippen LogP contribution in [0.1, 0.15) is 42.9 Å². The second kappa shape index (κ2) is 19.9. The van der Waals surface area contributed by atoms with Crippen LogP contribution in [0.3, 0.4) is 0 Å². The van der Waals surface area contributed by atoms with Crippen LogP contribution in [0.15, 0.2) is 0 Å². The SMILES string of the molecule is CCCCC(=O)NCC(F)C(C)OCCOCCOCCOCCNCC.[HH].[HH]. The Hall–Kier alpha value is -0.800. The summed E-state index contributed by atoms with van der Waals surface area (Å²) in [6, 6.07) is 0. The number of likely N-dealkylation sites (N-methyl/N-ethyl adjacent to an activating group) is 1. The summed E-state index contributed by atoms with van der Waals surface area (Å²) in [4.78, 5) is 11.5. The van der Waals surface area contributed by atoms with E-state index in [0.29, 0.717) is 52.7 Å². The maximum Gasteiger partial charge on any atom is 0.220 e. The van der Waals surface area contributed by atoms with Crippen LogP contribution in [0, 0.1) is 0 Å². The van der Waals surface area contributed by atoms with E-state index in [1.807, 2.05) is 6.92 Å². The van der Waals surface area contributed by atoms with Crippen LogP contribution >= 0.6 is 0 Å².